The van der Waals surface area contributed by atoms with Crippen molar-refractivity contribution >= 4 is 29.3 Å². The molecule has 7 nitrogen and oxygen atoms in total. The number of nitrogens with zero attached hydrogens (tertiary/aromatic N) is 2. The maximum Gasteiger partial charge on any atom is 0.338 e. The SMILES string of the molecule is CCCOC(=O)c1ccc(NC(=O)CSc2nnc(-c3ccccc3C)o2)cc1. The molecule has 0 aliphatic rings. The number of benzene rings is 2. The highest BCUT2D eigenvalue weighted by molar-refractivity contribution is 7.99. The van der Waals surface area contributed by atoms with Gasteiger partial charge in [-0.2, -0.15) is 0 Å². The number of hydrogen-bond donors (Lipinski definition) is 1. The Kier molecular flexibility index (Phi) is 7.02. The van der Waals surface area contributed by atoms with Crippen molar-refractivity contribution in [1.82, 2.24) is 10.2 Å². The second-order valence-electron chi connectivity index (χ2n) is 6.24. The van der Waals surface area contributed by atoms with Crippen LogP contribution < -0.4 is 5.32 Å². The van der Waals surface area contributed by atoms with Gasteiger partial charge in [-0.1, -0.05) is 36.9 Å². The molecule has 0 atom stereocenters. The number of aryl methyl sites for hydroxylation is 1. The molecule has 29 heavy (non-hydrogen) atoms. The van der Waals surface area contributed by atoms with E-state index in [1.807, 2.05) is 38.1 Å². The number of aromatic nitrogens is 2. The Labute approximate surface area is 172 Å². The predicted octanol–water partition coefficient (Wildman–Crippen LogP) is 4.34. The Morgan fingerprint density at radius 3 is 2.59 bits per heavy atom. The van der Waals surface area contributed by atoms with Crippen molar-refractivity contribution in [2.24, 2.45) is 0 Å². The average molecular weight is 411 g/mol. The molecule has 1 N–H and O–H groups in total. The van der Waals surface area contributed by atoms with E-state index in [0.29, 0.717) is 29.0 Å². The van der Waals surface area contributed by atoms with E-state index in [9.17, 15) is 9.59 Å². The first-order chi connectivity index (χ1) is 14.1. The van der Waals surface area contributed by atoms with Gasteiger partial charge in [0.2, 0.25) is 11.8 Å². The monoisotopic (exact) mass is 411 g/mol. The number of esters is 1. The van der Waals surface area contributed by atoms with Crippen LogP contribution in [0.25, 0.3) is 11.5 Å². The van der Waals surface area contributed by atoms with Crippen LogP contribution in [-0.4, -0.2) is 34.4 Å². The smallest absolute Gasteiger partial charge is 0.338 e. The lowest BCUT2D eigenvalue weighted by Crippen LogP contribution is -2.14. The van der Waals surface area contributed by atoms with Gasteiger partial charge in [0, 0.05) is 11.3 Å². The molecule has 0 fully saturated rings. The predicted molar refractivity (Wildman–Crippen MR) is 111 cm³/mol. The lowest BCUT2D eigenvalue weighted by Gasteiger charge is -2.06. The molecule has 0 saturated heterocycles. The molecule has 8 heteroatoms. The second-order valence-corrected chi connectivity index (χ2v) is 7.16. The lowest BCUT2D eigenvalue weighted by atomic mass is 10.1. The van der Waals surface area contributed by atoms with Crippen LogP contribution in [0.4, 0.5) is 5.69 Å². The van der Waals surface area contributed by atoms with Crippen molar-refractivity contribution in [2.45, 2.75) is 25.5 Å². The summed E-state index contributed by atoms with van der Waals surface area (Å²) in [6, 6.07) is 14.3. The topological polar surface area (TPSA) is 94.3 Å². The third-order valence-corrected chi connectivity index (χ3v) is 4.77. The van der Waals surface area contributed by atoms with Crippen LogP contribution in [0.5, 0.6) is 0 Å². The summed E-state index contributed by atoms with van der Waals surface area (Å²) in [6.45, 7) is 4.28. The summed E-state index contributed by atoms with van der Waals surface area (Å²) >= 11 is 1.16. The van der Waals surface area contributed by atoms with Gasteiger partial charge >= 0.3 is 5.97 Å². The van der Waals surface area contributed by atoms with Gasteiger partial charge in [0.05, 0.1) is 17.9 Å². The van der Waals surface area contributed by atoms with E-state index in [1.54, 1.807) is 24.3 Å². The zero-order valence-corrected chi connectivity index (χ0v) is 17.0. The van der Waals surface area contributed by atoms with Gasteiger partial charge in [-0.05, 0) is 49.2 Å². The molecular formula is C21H21N3O4S. The van der Waals surface area contributed by atoms with Gasteiger partial charge in [-0.15, -0.1) is 10.2 Å². The van der Waals surface area contributed by atoms with Gasteiger partial charge < -0.3 is 14.5 Å². The van der Waals surface area contributed by atoms with Crippen LogP contribution in [-0.2, 0) is 9.53 Å². The standard InChI is InChI=1S/C21H21N3O4S/c1-3-12-27-20(26)15-8-10-16(11-9-15)22-18(25)13-29-21-24-23-19(28-21)17-7-5-4-6-14(17)2/h4-11H,3,12-13H2,1-2H3,(H,22,25). The summed E-state index contributed by atoms with van der Waals surface area (Å²) in [5.41, 5.74) is 2.94. The first-order valence-electron chi connectivity index (χ1n) is 9.16. The second kappa shape index (κ2) is 9.88. The molecule has 0 saturated carbocycles. The van der Waals surface area contributed by atoms with Crippen LogP contribution in [0.3, 0.4) is 0 Å². The first kappa shape index (κ1) is 20.6. The number of carbonyl (C=O) groups excluding carboxylic acids is 2. The third kappa shape index (κ3) is 5.68. The minimum atomic E-state index is -0.374. The number of rotatable bonds is 8. The molecule has 0 radical (unpaired) electrons. The lowest BCUT2D eigenvalue weighted by molar-refractivity contribution is -0.113. The highest BCUT2D eigenvalue weighted by Crippen LogP contribution is 2.25. The Bertz CT molecular complexity index is 986. The minimum absolute atomic E-state index is 0.121. The van der Waals surface area contributed by atoms with Crippen molar-refractivity contribution in [1.29, 1.82) is 0 Å². The number of amides is 1. The Hall–Kier alpha value is -3.13. The number of ether oxygens (including phenoxy) is 1. The zero-order chi connectivity index (χ0) is 20.6. The molecule has 0 aliphatic carbocycles. The molecule has 150 valence electrons. The van der Waals surface area contributed by atoms with Gasteiger partial charge in [-0.25, -0.2) is 4.79 Å². The fourth-order valence-corrected chi connectivity index (χ4v) is 3.05. The quantitative estimate of drug-likeness (QED) is 0.435. The highest BCUT2D eigenvalue weighted by atomic mass is 32.2. The van der Waals surface area contributed by atoms with E-state index in [0.717, 1.165) is 29.3 Å². The molecule has 0 spiro atoms. The molecule has 3 aromatic rings. The number of carbonyl (C=O) groups is 2. The zero-order valence-electron chi connectivity index (χ0n) is 16.2. The van der Waals surface area contributed by atoms with Crippen LogP contribution >= 0.6 is 11.8 Å². The third-order valence-electron chi connectivity index (χ3n) is 3.95. The Balaban J connectivity index is 1.51. The van der Waals surface area contributed by atoms with E-state index in [1.165, 1.54) is 0 Å². The number of anilines is 1. The highest BCUT2D eigenvalue weighted by Gasteiger charge is 2.13. The van der Waals surface area contributed by atoms with E-state index < -0.39 is 0 Å². The van der Waals surface area contributed by atoms with Gasteiger partial charge in [0.1, 0.15) is 0 Å². The van der Waals surface area contributed by atoms with E-state index in [-0.39, 0.29) is 17.6 Å². The molecular weight excluding hydrogens is 390 g/mol. The van der Waals surface area contributed by atoms with Crippen LogP contribution in [0.1, 0.15) is 29.3 Å². The fraction of sp³-hybridized carbons (Fsp3) is 0.238. The summed E-state index contributed by atoms with van der Waals surface area (Å²) < 4.78 is 10.7. The van der Waals surface area contributed by atoms with Crippen molar-refractivity contribution < 1.29 is 18.7 Å². The molecule has 2 aromatic carbocycles. The molecule has 0 aliphatic heterocycles. The molecule has 3 rings (SSSR count). The first-order valence-corrected chi connectivity index (χ1v) is 10.1. The fourth-order valence-electron chi connectivity index (χ4n) is 2.48. The number of thioether (sulfide) groups is 1. The van der Waals surface area contributed by atoms with E-state index in [4.69, 9.17) is 9.15 Å². The Morgan fingerprint density at radius 1 is 1.10 bits per heavy atom. The average Bonchev–Trinajstić information content (AvgIpc) is 3.20. The number of nitrogens with one attached hydrogen (secondary N) is 1. The van der Waals surface area contributed by atoms with Crippen molar-refractivity contribution in [3.63, 3.8) is 0 Å². The summed E-state index contributed by atoms with van der Waals surface area (Å²) in [7, 11) is 0. The van der Waals surface area contributed by atoms with Crippen molar-refractivity contribution in [2.75, 3.05) is 17.7 Å². The molecule has 0 bridgehead atoms. The maximum atomic E-state index is 12.2. The van der Waals surface area contributed by atoms with Gasteiger partial charge in [0.15, 0.2) is 0 Å². The summed E-state index contributed by atoms with van der Waals surface area (Å²) in [6.07, 6.45) is 0.768. The summed E-state index contributed by atoms with van der Waals surface area (Å²) in [5, 5.41) is 11.1. The van der Waals surface area contributed by atoms with Crippen LogP contribution in [0.2, 0.25) is 0 Å². The minimum Gasteiger partial charge on any atom is -0.462 e. The molecule has 1 heterocycles. The largest absolute Gasteiger partial charge is 0.462 e. The molecule has 1 amide bonds. The normalized spacial score (nSPS) is 10.6. The Morgan fingerprint density at radius 2 is 1.86 bits per heavy atom. The summed E-state index contributed by atoms with van der Waals surface area (Å²) in [5.74, 6) is -0.0416. The van der Waals surface area contributed by atoms with Gasteiger partial charge in [0.25, 0.3) is 5.22 Å². The van der Waals surface area contributed by atoms with Gasteiger partial charge in [-0.3, -0.25) is 4.79 Å². The van der Waals surface area contributed by atoms with Crippen molar-refractivity contribution in [3.8, 4) is 11.5 Å². The van der Waals surface area contributed by atoms with E-state index >= 15 is 0 Å². The molecule has 0 unspecified atom stereocenters. The summed E-state index contributed by atoms with van der Waals surface area (Å²) in [4.78, 5) is 23.9. The van der Waals surface area contributed by atoms with Crippen LogP contribution in [0, 0.1) is 6.92 Å². The maximum absolute atomic E-state index is 12.2. The molecule has 1 aromatic heterocycles. The van der Waals surface area contributed by atoms with Crippen molar-refractivity contribution in [3.05, 3.63) is 59.7 Å². The number of hydrogen-bond acceptors (Lipinski definition) is 7. The van der Waals surface area contributed by atoms with Crippen LogP contribution in [0.15, 0.2) is 58.2 Å². The van der Waals surface area contributed by atoms with E-state index in [2.05, 4.69) is 15.5 Å².